The fourth-order valence-electron chi connectivity index (χ4n) is 2.58. The predicted molar refractivity (Wildman–Crippen MR) is 120 cm³/mol. The average Bonchev–Trinajstić information content (AvgIpc) is 2.76. The Bertz CT molecular complexity index is 1270. The van der Waals surface area contributed by atoms with Crippen LogP contribution >= 0.6 is 11.6 Å². The van der Waals surface area contributed by atoms with Crippen LogP contribution in [0.2, 0.25) is 5.02 Å². The highest BCUT2D eigenvalue weighted by atomic mass is 35.5. The highest BCUT2D eigenvalue weighted by molar-refractivity contribution is 7.92. The molecule has 33 heavy (non-hydrogen) atoms. The molecule has 3 rings (SSSR count). The molecule has 0 radical (unpaired) electrons. The monoisotopic (exact) mass is 496 g/mol. The summed E-state index contributed by atoms with van der Waals surface area (Å²) in [4.78, 5) is 10.0. The Labute approximate surface area is 191 Å². The van der Waals surface area contributed by atoms with Crippen molar-refractivity contribution < 1.29 is 26.9 Å². The minimum absolute atomic E-state index is 0.0315. The molecule has 0 aromatic heterocycles. The third-order valence-corrected chi connectivity index (χ3v) is 5.74. The Balaban J connectivity index is 1.85. The average molecular weight is 497 g/mol. The van der Waals surface area contributed by atoms with E-state index in [0.717, 1.165) is 12.1 Å². The van der Waals surface area contributed by atoms with E-state index in [0.29, 0.717) is 10.6 Å². The van der Waals surface area contributed by atoms with E-state index < -0.39 is 32.1 Å². The second-order valence-corrected chi connectivity index (χ2v) is 8.45. The van der Waals surface area contributed by atoms with Crippen LogP contribution in [0.15, 0.2) is 76.7 Å². The molecule has 0 atom stereocenters. The van der Waals surface area contributed by atoms with E-state index in [1.165, 1.54) is 60.8 Å². The lowest BCUT2D eigenvalue weighted by Crippen LogP contribution is -2.15. The number of halogens is 3. The summed E-state index contributed by atoms with van der Waals surface area (Å²) in [6.07, 6.45) is 1.30. The number of sulfonamides is 1. The summed E-state index contributed by atoms with van der Waals surface area (Å²) in [5, 5.41) is 15.5. The first-order valence-corrected chi connectivity index (χ1v) is 10.9. The third-order valence-electron chi connectivity index (χ3n) is 4.07. The SMILES string of the molecule is O=[N+]([O-])c1ccc(N/N=C\c2ccc(OC(F)F)cc2)c(S(=O)(=O)Nc2ccc(Cl)cc2)c1. The van der Waals surface area contributed by atoms with E-state index in [4.69, 9.17) is 11.6 Å². The van der Waals surface area contributed by atoms with Gasteiger partial charge in [0.1, 0.15) is 10.6 Å². The molecule has 0 aliphatic heterocycles. The molecule has 0 heterocycles. The summed E-state index contributed by atoms with van der Waals surface area (Å²) in [6.45, 7) is -2.95. The number of nitro groups is 1. The number of alkyl halides is 2. The lowest BCUT2D eigenvalue weighted by atomic mass is 10.2. The highest BCUT2D eigenvalue weighted by Gasteiger charge is 2.22. The molecule has 0 bridgehead atoms. The van der Waals surface area contributed by atoms with Crippen LogP contribution in [0, 0.1) is 10.1 Å². The zero-order valence-corrected chi connectivity index (χ0v) is 18.1. The van der Waals surface area contributed by atoms with Gasteiger partial charge in [-0.1, -0.05) is 11.6 Å². The summed E-state index contributed by atoms with van der Waals surface area (Å²) >= 11 is 5.80. The van der Waals surface area contributed by atoms with E-state index in [1.54, 1.807) is 0 Å². The summed E-state index contributed by atoms with van der Waals surface area (Å²) in [5.74, 6) is -0.0351. The zero-order chi connectivity index (χ0) is 24.0. The summed E-state index contributed by atoms with van der Waals surface area (Å²) in [6, 6.07) is 14.6. The fraction of sp³-hybridized carbons (Fsp3) is 0.0500. The highest BCUT2D eigenvalue weighted by Crippen LogP contribution is 2.28. The van der Waals surface area contributed by atoms with Gasteiger partial charge in [-0.15, -0.1) is 0 Å². The molecule has 9 nitrogen and oxygen atoms in total. The zero-order valence-electron chi connectivity index (χ0n) is 16.5. The van der Waals surface area contributed by atoms with Gasteiger partial charge in [-0.3, -0.25) is 20.3 Å². The minimum Gasteiger partial charge on any atom is -0.435 e. The van der Waals surface area contributed by atoms with Gasteiger partial charge in [0, 0.05) is 22.8 Å². The van der Waals surface area contributed by atoms with Crippen molar-refractivity contribution in [3.8, 4) is 5.75 Å². The van der Waals surface area contributed by atoms with E-state index >= 15 is 0 Å². The number of benzene rings is 3. The van der Waals surface area contributed by atoms with E-state index in [1.807, 2.05) is 0 Å². The van der Waals surface area contributed by atoms with Crippen LogP contribution in [-0.2, 0) is 10.0 Å². The smallest absolute Gasteiger partial charge is 0.387 e. The number of nitrogens with zero attached hydrogens (tertiary/aromatic N) is 2. The van der Waals surface area contributed by atoms with Gasteiger partial charge in [0.15, 0.2) is 0 Å². The van der Waals surface area contributed by atoms with E-state index in [2.05, 4.69) is 20.0 Å². The Morgan fingerprint density at radius 2 is 1.73 bits per heavy atom. The standard InChI is InChI=1S/C20H15ClF2N4O5S/c21-14-3-5-15(6-4-14)26-33(30,31)19-11-16(27(28)29)7-10-18(19)25-24-12-13-1-8-17(9-2-13)32-20(22)23/h1-12,20,25-26H/b24-12-. The minimum atomic E-state index is -4.25. The van der Waals surface area contributed by atoms with Crippen molar-refractivity contribution in [1.82, 2.24) is 0 Å². The molecule has 13 heteroatoms. The third kappa shape index (κ3) is 6.60. The molecule has 3 aromatic carbocycles. The van der Waals surface area contributed by atoms with Crippen LogP contribution in [0.1, 0.15) is 5.56 Å². The lowest BCUT2D eigenvalue weighted by Gasteiger charge is -2.12. The number of nitro benzene ring substituents is 1. The van der Waals surface area contributed by atoms with Crippen molar-refractivity contribution in [2.24, 2.45) is 5.10 Å². The molecule has 0 saturated heterocycles. The van der Waals surface area contributed by atoms with Crippen molar-refractivity contribution in [1.29, 1.82) is 0 Å². The first-order valence-electron chi connectivity index (χ1n) is 9.05. The van der Waals surface area contributed by atoms with Crippen molar-refractivity contribution in [3.05, 3.63) is 87.4 Å². The first kappa shape index (κ1) is 23.9. The lowest BCUT2D eigenvalue weighted by molar-refractivity contribution is -0.385. The number of non-ortho nitro benzene ring substituents is 1. The van der Waals surface area contributed by atoms with Gasteiger partial charge < -0.3 is 4.74 Å². The number of hydrogen-bond acceptors (Lipinski definition) is 7. The van der Waals surface area contributed by atoms with Crippen LogP contribution in [0.5, 0.6) is 5.75 Å². The summed E-state index contributed by atoms with van der Waals surface area (Å²) < 4.78 is 56.8. The second-order valence-electron chi connectivity index (χ2n) is 6.37. The largest absolute Gasteiger partial charge is 0.435 e. The number of rotatable bonds is 9. The van der Waals surface area contributed by atoms with Crippen LogP contribution in [0.3, 0.4) is 0 Å². The Morgan fingerprint density at radius 3 is 2.33 bits per heavy atom. The van der Waals surface area contributed by atoms with Gasteiger partial charge in [0.25, 0.3) is 15.7 Å². The fourth-order valence-corrected chi connectivity index (χ4v) is 3.94. The van der Waals surface area contributed by atoms with Crippen molar-refractivity contribution in [3.63, 3.8) is 0 Å². The van der Waals surface area contributed by atoms with Crippen LogP contribution in [-0.4, -0.2) is 26.2 Å². The molecule has 0 unspecified atom stereocenters. The predicted octanol–water partition coefficient (Wildman–Crippen LogP) is 5.10. The molecular formula is C20H15ClF2N4O5S. The molecule has 0 saturated carbocycles. The maximum atomic E-state index is 12.9. The molecule has 2 N–H and O–H groups in total. The molecule has 3 aromatic rings. The topological polar surface area (TPSA) is 123 Å². The van der Waals surface area contributed by atoms with Gasteiger partial charge in [-0.25, -0.2) is 8.42 Å². The van der Waals surface area contributed by atoms with Gasteiger partial charge in [-0.2, -0.15) is 13.9 Å². The second kappa shape index (κ2) is 10.2. The first-order chi connectivity index (χ1) is 15.6. The Hall–Kier alpha value is -3.77. The molecule has 0 fully saturated rings. The molecule has 172 valence electrons. The summed E-state index contributed by atoms with van der Waals surface area (Å²) in [5.41, 5.74) is 2.76. The van der Waals surface area contributed by atoms with Crippen LogP contribution in [0.4, 0.5) is 25.8 Å². The number of hydrazone groups is 1. The van der Waals surface area contributed by atoms with Crippen molar-refractivity contribution in [2.75, 3.05) is 10.1 Å². The van der Waals surface area contributed by atoms with E-state index in [9.17, 15) is 27.3 Å². The molecular weight excluding hydrogens is 482 g/mol. The van der Waals surface area contributed by atoms with Crippen molar-refractivity contribution in [2.45, 2.75) is 11.5 Å². The van der Waals surface area contributed by atoms with Gasteiger partial charge in [0.2, 0.25) is 0 Å². The van der Waals surface area contributed by atoms with Crippen molar-refractivity contribution >= 4 is 44.9 Å². The molecule has 0 spiro atoms. The summed E-state index contributed by atoms with van der Waals surface area (Å²) in [7, 11) is -4.25. The number of ether oxygens (including phenoxy) is 1. The number of nitrogens with one attached hydrogen (secondary N) is 2. The van der Waals surface area contributed by atoms with Crippen LogP contribution < -0.4 is 14.9 Å². The number of hydrogen-bond donors (Lipinski definition) is 2. The molecule has 0 aliphatic rings. The molecule has 0 aliphatic carbocycles. The quantitative estimate of drug-likeness (QED) is 0.241. The maximum Gasteiger partial charge on any atom is 0.387 e. The Kier molecular flexibility index (Phi) is 7.41. The Morgan fingerprint density at radius 1 is 1.06 bits per heavy atom. The molecule has 0 amide bonds. The van der Waals surface area contributed by atoms with Gasteiger partial charge >= 0.3 is 6.61 Å². The van der Waals surface area contributed by atoms with E-state index in [-0.39, 0.29) is 17.1 Å². The maximum absolute atomic E-state index is 12.9. The number of anilines is 2. The van der Waals surface area contributed by atoms with Crippen LogP contribution in [0.25, 0.3) is 0 Å². The van der Waals surface area contributed by atoms with Gasteiger partial charge in [0.05, 0.1) is 16.8 Å². The van der Waals surface area contributed by atoms with Gasteiger partial charge in [-0.05, 0) is 60.2 Å². The normalized spacial score (nSPS) is 11.5.